The minimum atomic E-state index is -0.0847. The van der Waals surface area contributed by atoms with E-state index in [2.05, 4.69) is 6.92 Å². The molecule has 1 fully saturated rings. The average molecular weight is 268 g/mol. The van der Waals surface area contributed by atoms with Gasteiger partial charge in [-0.3, -0.25) is 0 Å². The van der Waals surface area contributed by atoms with E-state index in [0.717, 1.165) is 41.5 Å². The lowest BCUT2D eigenvalue weighted by molar-refractivity contribution is 0.381. The molecule has 2 nitrogen and oxygen atoms in total. The number of nitrogens with two attached hydrogens (primary N) is 1. The van der Waals surface area contributed by atoms with Crippen LogP contribution in [0.15, 0.2) is 18.2 Å². The first-order valence-corrected chi connectivity index (χ1v) is 7.05. The molecule has 0 heterocycles. The summed E-state index contributed by atoms with van der Waals surface area (Å²) in [5, 5.41) is 0.749. The molecule has 1 aromatic carbocycles. The van der Waals surface area contributed by atoms with Crippen molar-refractivity contribution in [3.63, 3.8) is 0 Å². The number of hydrogen-bond donors (Lipinski definition) is 1. The molecule has 2 rings (SSSR count). The zero-order valence-corrected chi connectivity index (χ0v) is 12.0. The number of rotatable bonds is 4. The summed E-state index contributed by atoms with van der Waals surface area (Å²) in [6, 6.07) is 5.76. The molecule has 2 unspecified atom stereocenters. The number of methoxy groups -OCH3 is 1. The van der Waals surface area contributed by atoms with Gasteiger partial charge in [0.05, 0.1) is 7.11 Å². The maximum Gasteiger partial charge on any atom is 0.122 e. The molecule has 1 aliphatic carbocycles. The molecule has 0 bridgehead atoms. The zero-order valence-electron chi connectivity index (χ0n) is 11.2. The normalized spacial score (nSPS) is 27.4. The van der Waals surface area contributed by atoms with Crippen LogP contribution in [0.3, 0.4) is 0 Å². The summed E-state index contributed by atoms with van der Waals surface area (Å²) in [7, 11) is 1.69. The summed E-state index contributed by atoms with van der Waals surface area (Å²) in [5.41, 5.74) is 7.58. The first-order chi connectivity index (χ1) is 8.56. The van der Waals surface area contributed by atoms with Crippen LogP contribution in [0.5, 0.6) is 5.75 Å². The SMILES string of the molecule is CCC1CCC(N)(Cc2cc(Cl)ccc2OC)C1. The van der Waals surface area contributed by atoms with Crippen LogP contribution in [-0.2, 0) is 6.42 Å². The third-order valence-electron chi connectivity index (χ3n) is 4.11. The summed E-state index contributed by atoms with van der Waals surface area (Å²) < 4.78 is 5.39. The monoisotopic (exact) mass is 267 g/mol. The van der Waals surface area contributed by atoms with Crippen LogP contribution >= 0.6 is 11.6 Å². The van der Waals surface area contributed by atoms with Crippen molar-refractivity contribution in [2.75, 3.05) is 7.11 Å². The van der Waals surface area contributed by atoms with Gasteiger partial charge in [-0.05, 0) is 55.4 Å². The fourth-order valence-electron chi connectivity index (χ4n) is 3.04. The van der Waals surface area contributed by atoms with Crippen molar-refractivity contribution in [3.05, 3.63) is 28.8 Å². The van der Waals surface area contributed by atoms with Crippen molar-refractivity contribution >= 4 is 11.6 Å². The average Bonchev–Trinajstić information content (AvgIpc) is 2.71. The van der Waals surface area contributed by atoms with Gasteiger partial charge in [0.15, 0.2) is 0 Å². The van der Waals surface area contributed by atoms with Gasteiger partial charge in [0.25, 0.3) is 0 Å². The third-order valence-corrected chi connectivity index (χ3v) is 4.34. The molecule has 0 spiro atoms. The molecular formula is C15H22ClNO. The van der Waals surface area contributed by atoms with Gasteiger partial charge >= 0.3 is 0 Å². The molecule has 0 saturated heterocycles. The van der Waals surface area contributed by atoms with Gasteiger partial charge < -0.3 is 10.5 Å². The molecule has 1 aliphatic rings. The van der Waals surface area contributed by atoms with Crippen LogP contribution in [0, 0.1) is 5.92 Å². The van der Waals surface area contributed by atoms with E-state index >= 15 is 0 Å². The van der Waals surface area contributed by atoms with Crippen molar-refractivity contribution in [2.45, 2.75) is 44.6 Å². The summed E-state index contributed by atoms with van der Waals surface area (Å²) in [4.78, 5) is 0. The van der Waals surface area contributed by atoms with Crippen LogP contribution in [0.1, 0.15) is 38.2 Å². The van der Waals surface area contributed by atoms with Crippen LogP contribution in [-0.4, -0.2) is 12.6 Å². The lowest BCUT2D eigenvalue weighted by Crippen LogP contribution is -2.39. The summed E-state index contributed by atoms with van der Waals surface area (Å²) in [5.74, 6) is 1.67. The predicted molar refractivity (Wildman–Crippen MR) is 76.3 cm³/mol. The molecule has 2 N–H and O–H groups in total. The maximum absolute atomic E-state index is 6.53. The minimum Gasteiger partial charge on any atom is -0.496 e. The zero-order chi connectivity index (χ0) is 13.2. The predicted octanol–water partition coefficient (Wildman–Crippen LogP) is 3.80. The Morgan fingerprint density at radius 3 is 2.89 bits per heavy atom. The quantitative estimate of drug-likeness (QED) is 0.901. The Bertz CT molecular complexity index is 421. The molecule has 2 atom stereocenters. The van der Waals surface area contributed by atoms with Crippen LogP contribution < -0.4 is 10.5 Å². The Morgan fingerprint density at radius 1 is 1.50 bits per heavy atom. The van der Waals surface area contributed by atoms with E-state index in [1.54, 1.807) is 7.11 Å². The van der Waals surface area contributed by atoms with Crippen molar-refractivity contribution in [1.29, 1.82) is 0 Å². The molecular weight excluding hydrogens is 246 g/mol. The molecule has 18 heavy (non-hydrogen) atoms. The van der Waals surface area contributed by atoms with E-state index in [9.17, 15) is 0 Å². The Morgan fingerprint density at radius 2 is 2.28 bits per heavy atom. The standard InChI is InChI=1S/C15H22ClNO/c1-3-11-6-7-15(17,9-11)10-12-8-13(16)4-5-14(12)18-2/h4-5,8,11H,3,6-7,9-10,17H2,1-2H3. The Balaban J connectivity index is 2.16. The van der Waals surface area contributed by atoms with E-state index in [4.69, 9.17) is 22.1 Å². The smallest absolute Gasteiger partial charge is 0.122 e. The van der Waals surface area contributed by atoms with E-state index in [1.807, 2.05) is 18.2 Å². The van der Waals surface area contributed by atoms with Crippen LogP contribution in [0.25, 0.3) is 0 Å². The molecule has 3 heteroatoms. The Kier molecular flexibility index (Phi) is 4.18. The number of hydrogen-bond acceptors (Lipinski definition) is 2. The van der Waals surface area contributed by atoms with Crippen molar-refractivity contribution < 1.29 is 4.74 Å². The van der Waals surface area contributed by atoms with Gasteiger partial charge in [-0.2, -0.15) is 0 Å². The third kappa shape index (κ3) is 2.99. The second-order valence-electron chi connectivity index (χ2n) is 5.51. The molecule has 1 saturated carbocycles. The summed E-state index contributed by atoms with van der Waals surface area (Å²) in [6.45, 7) is 2.25. The highest BCUT2D eigenvalue weighted by Crippen LogP contribution is 2.38. The van der Waals surface area contributed by atoms with E-state index < -0.39 is 0 Å². The number of benzene rings is 1. The van der Waals surface area contributed by atoms with E-state index in [-0.39, 0.29) is 5.54 Å². The van der Waals surface area contributed by atoms with E-state index in [0.29, 0.717) is 0 Å². The topological polar surface area (TPSA) is 35.2 Å². The Hall–Kier alpha value is -0.730. The second-order valence-corrected chi connectivity index (χ2v) is 5.95. The second kappa shape index (κ2) is 5.50. The summed E-state index contributed by atoms with van der Waals surface area (Å²) >= 11 is 6.06. The fourth-order valence-corrected chi connectivity index (χ4v) is 3.24. The summed E-state index contributed by atoms with van der Waals surface area (Å²) in [6.07, 6.45) is 5.54. The molecule has 0 aromatic heterocycles. The first-order valence-electron chi connectivity index (χ1n) is 6.67. The molecule has 1 aromatic rings. The highest BCUT2D eigenvalue weighted by molar-refractivity contribution is 6.30. The van der Waals surface area contributed by atoms with Crippen molar-refractivity contribution in [3.8, 4) is 5.75 Å². The lowest BCUT2D eigenvalue weighted by Gasteiger charge is -2.25. The van der Waals surface area contributed by atoms with E-state index in [1.165, 1.54) is 12.8 Å². The lowest BCUT2D eigenvalue weighted by atomic mass is 9.88. The Labute approximate surface area is 114 Å². The van der Waals surface area contributed by atoms with Gasteiger partial charge in [-0.25, -0.2) is 0 Å². The largest absolute Gasteiger partial charge is 0.496 e. The van der Waals surface area contributed by atoms with Gasteiger partial charge in [0, 0.05) is 10.6 Å². The minimum absolute atomic E-state index is 0.0847. The van der Waals surface area contributed by atoms with Gasteiger partial charge in [-0.1, -0.05) is 24.9 Å². The number of ether oxygens (including phenoxy) is 1. The fraction of sp³-hybridized carbons (Fsp3) is 0.600. The van der Waals surface area contributed by atoms with Crippen LogP contribution in [0.2, 0.25) is 5.02 Å². The number of halogens is 1. The molecule has 0 aliphatic heterocycles. The van der Waals surface area contributed by atoms with Gasteiger partial charge in [-0.15, -0.1) is 0 Å². The van der Waals surface area contributed by atoms with Crippen LogP contribution in [0.4, 0.5) is 0 Å². The van der Waals surface area contributed by atoms with Crippen molar-refractivity contribution in [1.82, 2.24) is 0 Å². The highest BCUT2D eigenvalue weighted by atomic mass is 35.5. The maximum atomic E-state index is 6.53. The highest BCUT2D eigenvalue weighted by Gasteiger charge is 2.35. The van der Waals surface area contributed by atoms with Gasteiger partial charge in [0.2, 0.25) is 0 Å². The van der Waals surface area contributed by atoms with Crippen molar-refractivity contribution in [2.24, 2.45) is 11.7 Å². The molecule has 100 valence electrons. The van der Waals surface area contributed by atoms with Gasteiger partial charge in [0.1, 0.15) is 5.75 Å². The molecule has 0 radical (unpaired) electrons. The molecule has 0 amide bonds. The first kappa shape index (κ1) is 13.7.